The number of ether oxygens (including phenoxy) is 2. The number of rotatable bonds is 4. The van der Waals surface area contributed by atoms with Crippen LogP contribution < -0.4 is 14.8 Å². The largest absolute Gasteiger partial charge is 0.454 e. The van der Waals surface area contributed by atoms with Crippen LogP contribution >= 0.6 is 11.6 Å². The second-order valence-corrected chi connectivity index (χ2v) is 5.88. The van der Waals surface area contributed by atoms with Crippen LogP contribution in [0, 0.1) is 0 Å². The zero-order chi connectivity index (χ0) is 18.7. The normalized spacial score (nSPS) is 13.2. The highest BCUT2D eigenvalue weighted by molar-refractivity contribution is 6.31. The van der Waals surface area contributed by atoms with E-state index in [4.69, 9.17) is 21.1 Å². The molecular weight excluding hydrogens is 371 g/mol. The lowest BCUT2D eigenvalue weighted by atomic mass is 10.1. The Bertz CT molecular complexity index is 865. The lowest BCUT2D eigenvalue weighted by Gasteiger charge is -2.11. The molecule has 0 aromatic heterocycles. The molecule has 0 bridgehead atoms. The predicted molar refractivity (Wildman–Crippen MR) is 89.9 cm³/mol. The average molecular weight is 384 g/mol. The second kappa shape index (κ2) is 7.29. The van der Waals surface area contributed by atoms with Crippen molar-refractivity contribution in [3.05, 3.63) is 64.2 Å². The number of benzene rings is 2. The summed E-state index contributed by atoms with van der Waals surface area (Å²) in [7, 11) is 0. The average Bonchev–Trinajstić information content (AvgIpc) is 3.06. The standard InChI is InChI=1S/C18H13ClF3NO3/c19-14-4-1-12(7-13(14)18(20,21)22)9-23-17(24)6-3-11-2-5-15-16(8-11)26-10-25-15/h1-8H,9-10H2,(H,23,24)/b6-3+. The Morgan fingerprint density at radius 2 is 1.92 bits per heavy atom. The van der Waals surface area contributed by atoms with Crippen molar-refractivity contribution in [2.75, 3.05) is 6.79 Å². The third-order valence-electron chi connectivity index (χ3n) is 3.63. The molecule has 8 heteroatoms. The SMILES string of the molecule is O=C(/C=C/c1ccc2c(c1)OCO2)NCc1ccc(Cl)c(C(F)(F)F)c1. The van der Waals surface area contributed by atoms with Gasteiger partial charge in [-0.2, -0.15) is 13.2 Å². The fraction of sp³-hybridized carbons (Fsp3) is 0.167. The first-order valence-corrected chi connectivity index (χ1v) is 7.92. The van der Waals surface area contributed by atoms with Crippen molar-refractivity contribution in [3.63, 3.8) is 0 Å². The Balaban J connectivity index is 1.61. The molecule has 26 heavy (non-hydrogen) atoms. The predicted octanol–water partition coefficient (Wildman–Crippen LogP) is 4.42. The molecular formula is C18H13ClF3NO3. The molecule has 0 fully saturated rings. The van der Waals surface area contributed by atoms with Crippen LogP contribution in [0.4, 0.5) is 13.2 Å². The number of carbonyl (C=O) groups is 1. The maximum absolute atomic E-state index is 12.8. The Morgan fingerprint density at radius 1 is 1.15 bits per heavy atom. The molecule has 1 amide bonds. The van der Waals surface area contributed by atoms with E-state index < -0.39 is 17.6 Å². The zero-order valence-electron chi connectivity index (χ0n) is 13.3. The van der Waals surface area contributed by atoms with Gasteiger partial charge in [0, 0.05) is 12.6 Å². The molecule has 0 spiro atoms. The van der Waals surface area contributed by atoms with Gasteiger partial charge in [0.1, 0.15) is 0 Å². The van der Waals surface area contributed by atoms with Crippen molar-refractivity contribution >= 4 is 23.6 Å². The minimum absolute atomic E-state index is 0.0510. The van der Waals surface area contributed by atoms with E-state index in [1.807, 2.05) is 0 Å². The number of amides is 1. The topological polar surface area (TPSA) is 47.6 Å². The molecule has 0 unspecified atom stereocenters. The summed E-state index contributed by atoms with van der Waals surface area (Å²) < 4.78 is 48.9. The van der Waals surface area contributed by atoms with Crippen molar-refractivity contribution in [2.24, 2.45) is 0 Å². The van der Waals surface area contributed by atoms with Gasteiger partial charge in [-0.25, -0.2) is 0 Å². The van der Waals surface area contributed by atoms with E-state index in [0.717, 1.165) is 17.7 Å². The highest BCUT2D eigenvalue weighted by Gasteiger charge is 2.33. The van der Waals surface area contributed by atoms with Gasteiger partial charge in [-0.3, -0.25) is 4.79 Å². The van der Waals surface area contributed by atoms with E-state index in [-0.39, 0.29) is 18.4 Å². The molecule has 136 valence electrons. The minimum atomic E-state index is -4.55. The molecule has 1 N–H and O–H groups in total. The third kappa shape index (κ3) is 4.29. The lowest BCUT2D eigenvalue weighted by molar-refractivity contribution is -0.137. The third-order valence-corrected chi connectivity index (χ3v) is 3.96. The summed E-state index contributed by atoms with van der Waals surface area (Å²) >= 11 is 5.56. The Morgan fingerprint density at radius 3 is 2.69 bits per heavy atom. The molecule has 0 aliphatic carbocycles. The molecule has 2 aromatic rings. The van der Waals surface area contributed by atoms with Crippen LogP contribution in [0.2, 0.25) is 5.02 Å². The fourth-order valence-electron chi connectivity index (χ4n) is 2.34. The second-order valence-electron chi connectivity index (χ2n) is 5.48. The smallest absolute Gasteiger partial charge is 0.417 e. The van der Waals surface area contributed by atoms with Gasteiger partial charge < -0.3 is 14.8 Å². The number of fused-ring (bicyclic) bond motifs is 1. The first kappa shape index (κ1) is 18.1. The van der Waals surface area contributed by atoms with E-state index in [0.29, 0.717) is 17.1 Å². The zero-order valence-corrected chi connectivity index (χ0v) is 14.0. The molecule has 1 heterocycles. The number of hydrogen-bond donors (Lipinski definition) is 1. The summed E-state index contributed by atoms with van der Waals surface area (Å²) in [5, 5.41) is 2.15. The molecule has 2 aromatic carbocycles. The molecule has 0 saturated heterocycles. The minimum Gasteiger partial charge on any atom is -0.454 e. The van der Waals surface area contributed by atoms with Crippen LogP contribution in [0.3, 0.4) is 0 Å². The van der Waals surface area contributed by atoms with Crippen molar-refractivity contribution in [2.45, 2.75) is 12.7 Å². The molecule has 4 nitrogen and oxygen atoms in total. The highest BCUT2D eigenvalue weighted by atomic mass is 35.5. The first-order valence-electron chi connectivity index (χ1n) is 7.54. The summed E-state index contributed by atoms with van der Waals surface area (Å²) in [6.45, 7) is 0.106. The Hall–Kier alpha value is -2.67. The Kier molecular flexibility index (Phi) is 5.08. The van der Waals surface area contributed by atoms with E-state index in [1.54, 1.807) is 24.3 Å². The Labute approximate surface area is 152 Å². The number of hydrogen-bond acceptors (Lipinski definition) is 3. The van der Waals surface area contributed by atoms with Crippen LogP contribution in [0.15, 0.2) is 42.5 Å². The number of alkyl halides is 3. The van der Waals surface area contributed by atoms with Crippen molar-refractivity contribution in [3.8, 4) is 11.5 Å². The number of halogens is 4. The lowest BCUT2D eigenvalue weighted by Crippen LogP contribution is -2.20. The summed E-state index contributed by atoms with van der Waals surface area (Å²) in [6, 6.07) is 8.72. The van der Waals surface area contributed by atoms with E-state index in [9.17, 15) is 18.0 Å². The molecule has 3 rings (SSSR count). The van der Waals surface area contributed by atoms with E-state index in [1.165, 1.54) is 12.1 Å². The molecule has 0 saturated carbocycles. The van der Waals surface area contributed by atoms with E-state index in [2.05, 4.69) is 5.32 Å². The van der Waals surface area contributed by atoms with Gasteiger partial charge in [-0.1, -0.05) is 23.7 Å². The van der Waals surface area contributed by atoms with Crippen LogP contribution in [-0.4, -0.2) is 12.7 Å². The summed E-state index contributed by atoms with van der Waals surface area (Å²) in [4.78, 5) is 11.9. The maximum atomic E-state index is 12.8. The molecule has 0 atom stereocenters. The monoisotopic (exact) mass is 383 g/mol. The van der Waals surface area contributed by atoms with Gasteiger partial charge in [0.05, 0.1) is 10.6 Å². The van der Waals surface area contributed by atoms with Gasteiger partial charge in [-0.15, -0.1) is 0 Å². The summed E-state index contributed by atoms with van der Waals surface area (Å²) in [5.74, 6) is 0.786. The summed E-state index contributed by atoms with van der Waals surface area (Å²) in [6.07, 6.45) is -1.69. The van der Waals surface area contributed by atoms with Crippen LogP contribution in [0.25, 0.3) is 6.08 Å². The number of nitrogens with one attached hydrogen (secondary N) is 1. The highest BCUT2D eigenvalue weighted by Crippen LogP contribution is 2.35. The summed E-state index contributed by atoms with van der Waals surface area (Å²) in [5.41, 5.74) is 0.101. The molecule has 1 aliphatic heterocycles. The number of carbonyl (C=O) groups excluding carboxylic acids is 1. The molecule has 1 aliphatic rings. The van der Waals surface area contributed by atoms with Crippen molar-refractivity contribution in [1.29, 1.82) is 0 Å². The molecule has 0 radical (unpaired) electrons. The quantitative estimate of drug-likeness (QED) is 0.795. The van der Waals surface area contributed by atoms with Crippen molar-refractivity contribution < 1.29 is 27.4 Å². The van der Waals surface area contributed by atoms with Gasteiger partial charge in [0.15, 0.2) is 11.5 Å². The van der Waals surface area contributed by atoms with Crippen molar-refractivity contribution in [1.82, 2.24) is 5.32 Å². The fourth-order valence-corrected chi connectivity index (χ4v) is 2.56. The van der Waals surface area contributed by atoms with Crippen LogP contribution in [0.5, 0.6) is 11.5 Å². The van der Waals surface area contributed by atoms with Crippen LogP contribution in [-0.2, 0) is 17.5 Å². The van der Waals surface area contributed by atoms with Gasteiger partial charge in [-0.05, 0) is 41.5 Å². The van der Waals surface area contributed by atoms with Gasteiger partial charge in [0.25, 0.3) is 0 Å². The first-order chi connectivity index (χ1) is 12.3. The maximum Gasteiger partial charge on any atom is 0.417 e. The van der Waals surface area contributed by atoms with Crippen LogP contribution in [0.1, 0.15) is 16.7 Å². The van der Waals surface area contributed by atoms with Gasteiger partial charge in [0.2, 0.25) is 12.7 Å². The van der Waals surface area contributed by atoms with Gasteiger partial charge >= 0.3 is 6.18 Å². The van der Waals surface area contributed by atoms with E-state index >= 15 is 0 Å².